The van der Waals surface area contributed by atoms with Crippen molar-refractivity contribution in [1.29, 1.82) is 0 Å². The first-order valence-electron chi connectivity index (χ1n) is 6.18. The normalized spacial score (nSPS) is 11.4. The van der Waals surface area contributed by atoms with E-state index in [9.17, 15) is 8.42 Å². The number of methoxy groups -OCH3 is 1. The minimum absolute atomic E-state index is 0.300. The Balaban J connectivity index is 2.36. The number of ether oxygens (including phenoxy) is 1. The molecule has 7 heteroatoms. The fourth-order valence-corrected chi connectivity index (χ4v) is 5.00. The molecule has 4 nitrogen and oxygen atoms in total. The zero-order valence-electron chi connectivity index (χ0n) is 12.0. The van der Waals surface area contributed by atoms with Gasteiger partial charge in [0.05, 0.1) is 18.7 Å². The largest absolute Gasteiger partial charge is 0.497 e. The number of hydrogen-bond donors (Lipinski definition) is 0. The average Bonchev–Trinajstić information content (AvgIpc) is 2.88. The highest BCUT2D eigenvalue weighted by atomic mass is 35.5. The topological polar surface area (TPSA) is 46.6 Å². The summed E-state index contributed by atoms with van der Waals surface area (Å²) >= 11 is 7.02. The van der Waals surface area contributed by atoms with Gasteiger partial charge in [-0.1, -0.05) is 0 Å². The molecule has 2 rings (SSSR count). The molecule has 0 fully saturated rings. The molecule has 0 N–H and O–H groups in total. The molecule has 0 aliphatic heterocycles. The van der Waals surface area contributed by atoms with Gasteiger partial charge in [0.15, 0.2) is 0 Å². The van der Waals surface area contributed by atoms with E-state index < -0.39 is 10.0 Å². The molecule has 0 unspecified atom stereocenters. The molecule has 21 heavy (non-hydrogen) atoms. The van der Waals surface area contributed by atoms with Crippen molar-refractivity contribution in [2.45, 2.75) is 17.0 Å². The van der Waals surface area contributed by atoms with Crippen molar-refractivity contribution >= 4 is 38.6 Å². The summed E-state index contributed by atoms with van der Waals surface area (Å²) < 4.78 is 31.9. The van der Waals surface area contributed by atoms with Gasteiger partial charge in [0, 0.05) is 11.9 Å². The number of rotatable bonds is 5. The van der Waals surface area contributed by atoms with Crippen LogP contribution in [0.5, 0.6) is 5.75 Å². The lowest BCUT2D eigenvalue weighted by atomic mass is 10.3. The number of aryl methyl sites for hydroxylation is 1. The monoisotopic (exact) mass is 345 g/mol. The number of nitrogens with zero attached hydrogens (tertiary/aromatic N) is 1. The van der Waals surface area contributed by atoms with Crippen LogP contribution >= 0.6 is 22.9 Å². The van der Waals surface area contributed by atoms with Gasteiger partial charge in [0.25, 0.3) is 10.0 Å². The van der Waals surface area contributed by atoms with Crippen molar-refractivity contribution in [3.05, 3.63) is 40.8 Å². The summed E-state index contributed by atoms with van der Waals surface area (Å²) in [6.07, 6.45) is 0. The molecule has 1 aromatic carbocycles. The van der Waals surface area contributed by atoms with Gasteiger partial charge in [-0.15, -0.1) is 22.9 Å². The second-order valence-corrected chi connectivity index (χ2v) is 8.08. The minimum Gasteiger partial charge on any atom is -0.497 e. The summed E-state index contributed by atoms with van der Waals surface area (Å²) in [5.74, 6) is 0.999. The lowest BCUT2D eigenvalue weighted by molar-refractivity contribution is 0.415. The molecule has 0 aliphatic rings. The molecule has 0 spiro atoms. The van der Waals surface area contributed by atoms with Crippen LogP contribution in [0.1, 0.15) is 10.4 Å². The van der Waals surface area contributed by atoms with Crippen LogP contribution in [0.25, 0.3) is 0 Å². The van der Waals surface area contributed by atoms with Crippen LogP contribution in [0.15, 0.2) is 34.5 Å². The molecular formula is C14H16ClNO3S2. The maximum atomic E-state index is 12.6. The van der Waals surface area contributed by atoms with Crippen LogP contribution in [0.4, 0.5) is 5.69 Å². The molecule has 1 heterocycles. The Kier molecular flexibility index (Phi) is 4.81. The van der Waals surface area contributed by atoms with Crippen molar-refractivity contribution in [2.24, 2.45) is 0 Å². The lowest BCUT2D eigenvalue weighted by Crippen LogP contribution is -2.25. The molecule has 0 saturated heterocycles. The smallest absolute Gasteiger partial charge is 0.273 e. The number of anilines is 1. The zero-order valence-corrected chi connectivity index (χ0v) is 14.3. The summed E-state index contributed by atoms with van der Waals surface area (Å²) in [4.78, 5) is 0.873. The van der Waals surface area contributed by atoms with E-state index in [0.29, 0.717) is 21.5 Å². The third-order valence-corrected chi connectivity index (χ3v) is 7.07. The van der Waals surface area contributed by atoms with Crippen molar-refractivity contribution in [3.63, 3.8) is 0 Å². The van der Waals surface area contributed by atoms with Gasteiger partial charge < -0.3 is 4.74 Å². The molecule has 0 bridgehead atoms. The number of alkyl halides is 1. The Hall–Kier alpha value is -1.24. The number of sulfonamides is 1. The highest BCUT2D eigenvalue weighted by Crippen LogP contribution is 2.31. The van der Waals surface area contributed by atoms with Gasteiger partial charge in [-0.25, -0.2) is 8.42 Å². The molecule has 0 radical (unpaired) electrons. The number of hydrogen-bond acceptors (Lipinski definition) is 4. The summed E-state index contributed by atoms with van der Waals surface area (Å²) in [7, 11) is -0.470. The predicted octanol–water partition coefficient (Wildman–Crippen LogP) is 3.63. The Bertz CT molecular complexity index is 723. The van der Waals surface area contributed by atoms with E-state index in [-0.39, 0.29) is 0 Å². The van der Waals surface area contributed by atoms with Crippen molar-refractivity contribution in [2.75, 3.05) is 18.5 Å². The highest BCUT2D eigenvalue weighted by Gasteiger charge is 2.24. The van der Waals surface area contributed by atoms with Crippen LogP contribution in [-0.4, -0.2) is 22.6 Å². The highest BCUT2D eigenvalue weighted by molar-refractivity contribution is 7.94. The Morgan fingerprint density at radius 2 is 1.90 bits per heavy atom. The first kappa shape index (κ1) is 16.1. The van der Waals surface area contributed by atoms with Gasteiger partial charge in [0.2, 0.25) is 0 Å². The van der Waals surface area contributed by atoms with Gasteiger partial charge in [-0.2, -0.15) is 0 Å². The SMILES string of the molecule is COc1ccc(N(C)S(=O)(=O)c2cc(C)c(CCl)s2)cc1. The maximum Gasteiger partial charge on any atom is 0.273 e. The number of halogens is 1. The van der Waals surface area contributed by atoms with E-state index in [1.807, 2.05) is 6.92 Å². The van der Waals surface area contributed by atoms with Crippen molar-refractivity contribution in [3.8, 4) is 5.75 Å². The van der Waals surface area contributed by atoms with E-state index in [1.54, 1.807) is 37.4 Å². The molecular weight excluding hydrogens is 330 g/mol. The van der Waals surface area contributed by atoms with E-state index in [4.69, 9.17) is 16.3 Å². The second-order valence-electron chi connectivity index (χ2n) is 4.48. The van der Waals surface area contributed by atoms with E-state index >= 15 is 0 Å². The molecule has 0 aliphatic carbocycles. The van der Waals surface area contributed by atoms with Crippen molar-refractivity contribution in [1.82, 2.24) is 0 Å². The van der Waals surface area contributed by atoms with Crippen LogP contribution in [0, 0.1) is 6.92 Å². The van der Waals surface area contributed by atoms with Gasteiger partial charge in [-0.05, 0) is 42.8 Å². The molecule has 1 aromatic heterocycles. The van der Waals surface area contributed by atoms with Crippen LogP contribution in [-0.2, 0) is 15.9 Å². The number of benzene rings is 1. The third-order valence-electron chi connectivity index (χ3n) is 3.17. The summed E-state index contributed by atoms with van der Waals surface area (Å²) in [5.41, 5.74) is 1.48. The molecule has 2 aromatic rings. The molecule has 0 saturated carbocycles. The van der Waals surface area contributed by atoms with Crippen LogP contribution in [0.2, 0.25) is 0 Å². The molecule has 0 amide bonds. The first-order valence-corrected chi connectivity index (χ1v) is 8.97. The Morgan fingerprint density at radius 1 is 1.29 bits per heavy atom. The average molecular weight is 346 g/mol. The second kappa shape index (κ2) is 6.25. The quantitative estimate of drug-likeness (QED) is 0.777. The zero-order chi connectivity index (χ0) is 15.6. The molecule has 114 valence electrons. The number of thiophene rings is 1. The van der Waals surface area contributed by atoms with E-state index in [2.05, 4.69) is 0 Å². The third kappa shape index (κ3) is 3.17. The fraction of sp³-hybridized carbons (Fsp3) is 0.286. The minimum atomic E-state index is -3.57. The van der Waals surface area contributed by atoms with Gasteiger partial charge >= 0.3 is 0 Å². The lowest BCUT2D eigenvalue weighted by Gasteiger charge is -2.18. The van der Waals surface area contributed by atoms with Gasteiger partial charge in [-0.3, -0.25) is 4.31 Å². The van der Waals surface area contributed by atoms with Crippen LogP contribution < -0.4 is 9.04 Å². The fourth-order valence-electron chi connectivity index (χ4n) is 1.81. The van der Waals surface area contributed by atoms with E-state index in [1.165, 1.54) is 22.7 Å². The summed E-state index contributed by atoms with van der Waals surface area (Å²) in [6.45, 7) is 1.86. The molecule has 0 atom stereocenters. The first-order chi connectivity index (χ1) is 9.90. The predicted molar refractivity (Wildman–Crippen MR) is 87.2 cm³/mol. The Labute approximate surface area is 134 Å². The Morgan fingerprint density at radius 3 is 2.38 bits per heavy atom. The standard InChI is InChI=1S/C14H16ClNO3S2/c1-10-8-14(20-13(10)9-15)21(17,18)16(2)11-4-6-12(19-3)7-5-11/h4-8H,9H2,1-3H3. The summed E-state index contributed by atoms with van der Waals surface area (Å²) in [5, 5.41) is 0. The van der Waals surface area contributed by atoms with Crippen molar-refractivity contribution < 1.29 is 13.2 Å². The maximum absolute atomic E-state index is 12.6. The van der Waals surface area contributed by atoms with Gasteiger partial charge in [0.1, 0.15) is 9.96 Å². The summed E-state index contributed by atoms with van der Waals surface area (Å²) in [6, 6.07) is 8.53. The van der Waals surface area contributed by atoms with E-state index in [0.717, 1.165) is 10.4 Å². The van der Waals surface area contributed by atoms with Crippen LogP contribution in [0.3, 0.4) is 0 Å².